The molecule has 9 heteroatoms. The van der Waals surface area contributed by atoms with E-state index in [0.717, 1.165) is 64.6 Å². The van der Waals surface area contributed by atoms with Crippen LogP contribution in [0.2, 0.25) is 0 Å². The van der Waals surface area contributed by atoms with Gasteiger partial charge in [0.15, 0.2) is 0 Å². The molecule has 37 heavy (non-hydrogen) atoms. The number of hydrogen-bond acceptors (Lipinski definition) is 7. The van der Waals surface area contributed by atoms with Crippen molar-refractivity contribution in [3.05, 3.63) is 23.8 Å². The third kappa shape index (κ3) is 9.22. The maximum atomic E-state index is 12.6. The lowest BCUT2D eigenvalue weighted by Crippen LogP contribution is -2.45. The summed E-state index contributed by atoms with van der Waals surface area (Å²) in [4.78, 5) is 40.2. The van der Waals surface area contributed by atoms with Crippen LogP contribution in [0, 0.1) is 5.92 Å². The molecular formula is C28H44N4O5. The number of likely N-dealkylation sites (tertiary alicyclic amines) is 1. The number of piperidine rings is 1. The van der Waals surface area contributed by atoms with Gasteiger partial charge in [-0.05, 0) is 82.0 Å². The number of nitrogen functional groups attached to an aromatic ring is 1. The van der Waals surface area contributed by atoms with Crippen molar-refractivity contribution in [3.8, 4) is 5.75 Å². The Morgan fingerprint density at radius 1 is 1.11 bits per heavy atom. The molecule has 0 spiro atoms. The Labute approximate surface area is 220 Å². The Bertz CT molecular complexity index is 908. The van der Waals surface area contributed by atoms with Crippen LogP contribution < -0.4 is 21.1 Å². The summed E-state index contributed by atoms with van der Waals surface area (Å²) in [5, 5.41) is 6.02. The van der Waals surface area contributed by atoms with Crippen LogP contribution in [0.15, 0.2) is 18.2 Å². The van der Waals surface area contributed by atoms with E-state index >= 15 is 0 Å². The molecule has 2 fully saturated rings. The quantitative estimate of drug-likeness (QED) is 0.288. The van der Waals surface area contributed by atoms with Crippen molar-refractivity contribution in [1.82, 2.24) is 15.5 Å². The maximum Gasteiger partial charge on any atom is 0.328 e. The Morgan fingerprint density at radius 3 is 2.46 bits per heavy atom. The minimum atomic E-state index is -0.575. The van der Waals surface area contributed by atoms with Gasteiger partial charge in [-0.3, -0.25) is 9.59 Å². The minimum absolute atomic E-state index is 0.00101. The fourth-order valence-electron chi connectivity index (χ4n) is 5.09. The highest BCUT2D eigenvalue weighted by atomic mass is 16.5. The highest BCUT2D eigenvalue weighted by Crippen LogP contribution is 2.23. The highest BCUT2D eigenvalue weighted by molar-refractivity contribution is 5.95. The summed E-state index contributed by atoms with van der Waals surface area (Å²) in [6.07, 6.45) is 7.43. The number of amides is 2. The number of ether oxygens (including phenoxy) is 2. The van der Waals surface area contributed by atoms with E-state index in [1.165, 1.54) is 7.11 Å². The molecule has 1 atom stereocenters. The SMILES string of the molecule is COc1cc(C(=O)NC2CCN(CCCC(=O)N[C@H](CC(C)C)C(=O)OC3CCCC3)CC2)ccc1N. The maximum absolute atomic E-state index is 12.6. The van der Waals surface area contributed by atoms with Crippen LogP contribution in [0.3, 0.4) is 0 Å². The van der Waals surface area contributed by atoms with Gasteiger partial charge in [-0.25, -0.2) is 4.79 Å². The lowest BCUT2D eigenvalue weighted by molar-refractivity contribution is -0.153. The van der Waals surface area contributed by atoms with Crippen LogP contribution >= 0.6 is 0 Å². The van der Waals surface area contributed by atoms with Gasteiger partial charge in [0.2, 0.25) is 5.91 Å². The molecule has 2 amide bonds. The van der Waals surface area contributed by atoms with E-state index in [2.05, 4.69) is 15.5 Å². The molecule has 0 aromatic heterocycles. The number of methoxy groups -OCH3 is 1. The molecule has 1 aliphatic heterocycles. The molecule has 1 heterocycles. The van der Waals surface area contributed by atoms with E-state index in [-0.39, 0.29) is 35.8 Å². The summed E-state index contributed by atoms with van der Waals surface area (Å²) in [6.45, 7) is 6.62. The Morgan fingerprint density at radius 2 is 1.81 bits per heavy atom. The molecule has 0 unspecified atom stereocenters. The topological polar surface area (TPSA) is 123 Å². The predicted molar refractivity (Wildman–Crippen MR) is 143 cm³/mol. The minimum Gasteiger partial charge on any atom is -0.495 e. The van der Waals surface area contributed by atoms with Gasteiger partial charge in [-0.2, -0.15) is 0 Å². The van der Waals surface area contributed by atoms with E-state index in [9.17, 15) is 14.4 Å². The molecule has 1 aromatic carbocycles. The van der Waals surface area contributed by atoms with Crippen LogP contribution in [-0.2, 0) is 14.3 Å². The fourth-order valence-corrected chi connectivity index (χ4v) is 5.09. The van der Waals surface area contributed by atoms with Gasteiger partial charge in [0.25, 0.3) is 5.91 Å². The van der Waals surface area contributed by atoms with Crippen molar-refractivity contribution in [2.24, 2.45) is 5.92 Å². The molecule has 1 aromatic rings. The largest absolute Gasteiger partial charge is 0.495 e. The molecule has 1 saturated heterocycles. The highest BCUT2D eigenvalue weighted by Gasteiger charge is 2.28. The molecule has 2 aliphatic rings. The number of nitrogens with two attached hydrogens (primary N) is 1. The van der Waals surface area contributed by atoms with Crippen molar-refractivity contribution in [2.45, 2.75) is 89.8 Å². The third-order valence-corrected chi connectivity index (χ3v) is 7.21. The second-order valence-corrected chi connectivity index (χ2v) is 10.7. The fraction of sp³-hybridized carbons (Fsp3) is 0.679. The number of nitrogens with one attached hydrogen (secondary N) is 2. The van der Waals surface area contributed by atoms with Crippen molar-refractivity contribution >= 4 is 23.5 Å². The molecule has 1 saturated carbocycles. The van der Waals surface area contributed by atoms with Crippen molar-refractivity contribution in [1.29, 1.82) is 0 Å². The summed E-state index contributed by atoms with van der Waals surface area (Å²) in [7, 11) is 1.53. The van der Waals surface area contributed by atoms with Crippen molar-refractivity contribution in [2.75, 3.05) is 32.5 Å². The first-order chi connectivity index (χ1) is 17.7. The number of hydrogen-bond donors (Lipinski definition) is 3. The number of rotatable bonds is 12. The van der Waals surface area contributed by atoms with Gasteiger partial charge in [-0.1, -0.05) is 13.8 Å². The van der Waals surface area contributed by atoms with Crippen LogP contribution in [0.25, 0.3) is 0 Å². The van der Waals surface area contributed by atoms with Crippen LogP contribution in [0.5, 0.6) is 5.75 Å². The van der Waals surface area contributed by atoms with E-state index in [4.69, 9.17) is 15.2 Å². The molecule has 206 valence electrons. The zero-order valence-electron chi connectivity index (χ0n) is 22.6. The van der Waals surface area contributed by atoms with Gasteiger partial charge < -0.3 is 30.7 Å². The summed E-state index contributed by atoms with van der Waals surface area (Å²) >= 11 is 0. The third-order valence-electron chi connectivity index (χ3n) is 7.21. The lowest BCUT2D eigenvalue weighted by Gasteiger charge is -2.32. The monoisotopic (exact) mass is 516 g/mol. The van der Waals surface area contributed by atoms with Crippen LogP contribution in [-0.4, -0.2) is 67.6 Å². The molecule has 0 radical (unpaired) electrons. The van der Waals surface area contributed by atoms with Crippen molar-refractivity contribution < 1.29 is 23.9 Å². The molecule has 1 aliphatic carbocycles. The summed E-state index contributed by atoms with van der Waals surface area (Å²) in [6, 6.07) is 4.57. The second kappa shape index (κ2) is 14.2. The molecule has 0 bridgehead atoms. The number of esters is 1. The average molecular weight is 517 g/mol. The van der Waals surface area contributed by atoms with Gasteiger partial charge in [0.05, 0.1) is 12.8 Å². The predicted octanol–water partition coefficient (Wildman–Crippen LogP) is 3.27. The average Bonchev–Trinajstić information content (AvgIpc) is 3.37. The standard InChI is InChI=1S/C28H44N4O5/c1-19(2)17-24(28(35)37-22-7-4-5-8-22)31-26(33)9-6-14-32-15-12-21(13-16-32)30-27(34)20-10-11-23(29)25(18-20)36-3/h10-11,18-19,21-22,24H,4-9,12-17,29H2,1-3H3,(H,30,34)(H,31,33)/t24-/m1/s1. The summed E-state index contributed by atoms with van der Waals surface area (Å²) < 4.78 is 10.9. The molecule has 3 rings (SSSR count). The van der Waals surface area contributed by atoms with Gasteiger partial charge >= 0.3 is 5.97 Å². The summed E-state index contributed by atoms with van der Waals surface area (Å²) in [5.74, 6) is 0.249. The Kier molecular flexibility index (Phi) is 11.0. The number of carbonyl (C=O) groups excluding carboxylic acids is 3. The Balaban J connectivity index is 1.35. The first-order valence-corrected chi connectivity index (χ1v) is 13.7. The van der Waals surface area contributed by atoms with Gasteiger partial charge in [-0.15, -0.1) is 0 Å². The number of carbonyl (C=O) groups is 3. The summed E-state index contributed by atoms with van der Waals surface area (Å²) in [5.41, 5.74) is 6.87. The molecule has 9 nitrogen and oxygen atoms in total. The second-order valence-electron chi connectivity index (χ2n) is 10.7. The van der Waals surface area contributed by atoms with E-state index < -0.39 is 6.04 Å². The molecular weight excluding hydrogens is 472 g/mol. The van der Waals surface area contributed by atoms with Crippen molar-refractivity contribution in [3.63, 3.8) is 0 Å². The first-order valence-electron chi connectivity index (χ1n) is 13.7. The number of benzene rings is 1. The van der Waals surface area contributed by atoms with Crippen LogP contribution in [0.1, 0.15) is 82.0 Å². The van der Waals surface area contributed by atoms with Gasteiger partial charge in [0.1, 0.15) is 17.9 Å². The lowest BCUT2D eigenvalue weighted by atomic mass is 10.0. The van der Waals surface area contributed by atoms with E-state index in [0.29, 0.717) is 29.8 Å². The smallest absolute Gasteiger partial charge is 0.328 e. The normalized spacial score (nSPS) is 17.9. The van der Waals surface area contributed by atoms with E-state index in [1.807, 2.05) is 13.8 Å². The Hall–Kier alpha value is -2.81. The first kappa shape index (κ1) is 28.8. The van der Waals surface area contributed by atoms with Gasteiger partial charge in [0, 0.05) is 31.1 Å². The zero-order valence-corrected chi connectivity index (χ0v) is 22.6. The number of nitrogens with zero attached hydrogens (tertiary/aromatic N) is 1. The van der Waals surface area contributed by atoms with E-state index in [1.54, 1.807) is 18.2 Å². The zero-order chi connectivity index (χ0) is 26.8. The number of anilines is 1. The van der Waals surface area contributed by atoms with Crippen LogP contribution in [0.4, 0.5) is 5.69 Å². The molecule has 4 N–H and O–H groups in total.